The molecule has 5 heteroatoms. The highest BCUT2D eigenvalue weighted by molar-refractivity contribution is 5.93. The Hall–Kier alpha value is -2.04. The van der Waals surface area contributed by atoms with E-state index >= 15 is 0 Å². The molecule has 5 nitrogen and oxygen atoms in total. The van der Waals surface area contributed by atoms with Gasteiger partial charge in [-0.2, -0.15) is 0 Å². The monoisotopic (exact) mass is 287 g/mol. The van der Waals surface area contributed by atoms with Crippen LogP contribution in [0.3, 0.4) is 0 Å². The Balaban J connectivity index is 1.93. The van der Waals surface area contributed by atoms with Gasteiger partial charge >= 0.3 is 5.97 Å². The van der Waals surface area contributed by atoms with E-state index in [-0.39, 0.29) is 5.69 Å². The van der Waals surface area contributed by atoms with Gasteiger partial charge in [0.15, 0.2) is 11.5 Å². The van der Waals surface area contributed by atoms with Gasteiger partial charge in [0.25, 0.3) is 0 Å². The molecule has 0 amide bonds. The average Bonchev–Trinajstić information content (AvgIpc) is 2.75. The molecule has 2 atom stereocenters. The minimum absolute atomic E-state index is 0.219. The molecule has 3 rings (SSSR count). The molecule has 1 saturated carbocycles. The van der Waals surface area contributed by atoms with Crippen molar-refractivity contribution in [2.24, 2.45) is 11.8 Å². The number of carbonyl (C=O) groups is 1. The highest BCUT2D eigenvalue weighted by Gasteiger charge is 2.26. The molecule has 1 aliphatic rings. The summed E-state index contributed by atoms with van der Waals surface area (Å²) in [5.74, 6) is 0.862. The third-order valence-electron chi connectivity index (χ3n) is 4.25. The number of fused-ring (bicyclic) bond motifs is 1. The number of aromatic nitrogens is 2. The predicted octanol–water partition coefficient (Wildman–Crippen LogP) is 3.27. The van der Waals surface area contributed by atoms with Crippen molar-refractivity contribution in [2.45, 2.75) is 39.2 Å². The first-order valence-electron chi connectivity index (χ1n) is 7.51. The number of carboxylic acids is 1. The van der Waals surface area contributed by atoms with Crippen molar-refractivity contribution >= 4 is 17.4 Å². The number of imidazole rings is 1. The predicted molar refractivity (Wildman–Crippen MR) is 81.7 cm³/mol. The molecule has 0 spiro atoms. The number of pyridine rings is 1. The lowest BCUT2D eigenvalue weighted by atomic mass is 9.80. The number of rotatable bonds is 3. The van der Waals surface area contributed by atoms with E-state index in [0.717, 1.165) is 12.8 Å². The number of anilines is 1. The Labute approximate surface area is 124 Å². The second-order valence-corrected chi connectivity index (χ2v) is 6.30. The third-order valence-corrected chi connectivity index (χ3v) is 4.25. The molecule has 1 fully saturated rings. The lowest BCUT2D eigenvalue weighted by molar-refractivity contribution is 0.0690. The molecular formula is C16H21N3O2. The molecule has 0 saturated heterocycles. The molecule has 2 aromatic rings. The van der Waals surface area contributed by atoms with E-state index in [4.69, 9.17) is 0 Å². The third kappa shape index (κ3) is 2.73. The van der Waals surface area contributed by atoms with Crippen LogP contribution in [0.25, 0.3) is 5.65 Å². The standard InChI is InChI=1S/C16H21N3O2/c1-10-7-11(2)9-12(8-10)17-15-14(16(20)21)19-6-4-3-5-13(19)18-15/h3-6,10-12,17H,7-9H2,1-2H3,(H,20,21). The van der Waals surface area contributed by atoms with Crippen molar-refractivity contribution in [3.8, 4) is 0 Å². The molecule has 0 radical (unpaired) electrons. The first-order valence-corrected chi connectivity index (χ1v) is 7.51. The number of carboxylic acid groups (broad SMARTS) is 1. The summed E-state index contributed by atoms with van der Waals surface area (Å²) in [6, 6.07) is 5.80. The molecular weight excluding hydrogens is 266 g/mol. The van der Waals surface area contributed by atoms with Crippen molar-refractivity contribution in [1.29, 1.82) is 0 Å². The Kier molecular flexibility index (Phi) is 3.57. The lowest BCUT2D eigenvalue weighted by Crippen LogP contribution is -2.30. The van der Waals surface area contributed by atoms with Gasteiger partial charge in [-0.3, -0.25) is 4.40 Å². The fraction of sp³-hybridized carbons (Fsp3) is 0.500. The summed E-state index contributed by atoms with van der Waals surface area (Å²) in [5.41, 5.74) is 0.880. The van der Waals surface area contributed by atoms with Crippen LogP contribution in [0, 0.1) is 11.8 Å². The molecule has 0 aliphatic heterocycles. The van der Waals surface area contributed by atoms with Crippen LogP contribution in [0.15, 0.2) is 24.4 Å². The molecule has 0 aromatic carbocycles. The largest absolute Gasteiger partial charge is 0.476 e. The SMILES string of the molecule is CC1CC(C)CC(Nc2nc3ccccn3c2C(=O)O)C1. The highest BCUT2D eigenvalue weighted by Crippen LogP contribution is 2.31. The van der Waals surface area contributed by atoms with Crippen LogP contribution in [0.4, 0.5) is 5.82 Å². The molecule has 2 aromatic heterocycles. The summed E-state index contributed by atoms with van der Waals surface area (Å²) in [5, 5.41) is 12.9. The van der Waals surface area contributed by atoms with E-state index in [1.807, 2.05) is 18.2 Å². The second-order valence-electron chi connectivity index (χ2n) is 6.30. The van der Waals surface area contributed by atoms with Crippen LogP contribution < -0.4 is 5.32 Å². The van der Waals surface area contributed by atoms with Gasteiger partial charge in [0, 0.05) is 12.2 Å². The maximum Gasteiger partial charge on any atom is 0.356 e. The minimum Gasteiger partial charge on any atom is -0.476 e. The topological polar surface area (TPSA) is 66.6 Å². The molecule has 2 heterocycles. The molecule has 112 valence electrons. The van der Waals surface area contributed by atoms with Crippen LogP contribution in [0.5, 0.6) is 0 Å². The second kappa shape index (κ2) is 5.39. The van der Waals surface area contributed by atoms with E-state index < -0.39 is 5.97 Å². The Bertz CT molecular complexity index is 655. The van der Waals surface area contributed by atoms with Crippen molar-refractivity contribution in [2.75, 3.05) is 5.32 Å². The van der Waals surface area contributed by atoms with Crippen LogP contribution in [0.2, 0.25) is 0 Å². The summed E-state index contributed by atoms with van der Waals surface area (Å²) < 4.78 is 1.63. The Morgan fingerprint density at radius 3 is 2.67 bits per heavy atom. The fourth-order valence-electron chi connectivity index (χ4n) is 3.56. The van der Waals surface area contributed by atoms with Gasteiger partial charge < -0.3 is 10.4 Å². The maximum absolute atomic E-state index is 11.6. The first-order chi connectivity index (χ1) is 10.0. The zero-order valence-electron chi connectivity index (χ0n) is 12.4. The van der Waals surface area contributed by atoms with Crippen molar-refractivity contribution in [1.82, 2.24) is 9.38 Å². The van der Waals surface area contributed by atoms with E-state index in [1.54, 1.807) is 10.6 Å². The summed E-state index contributed by atoms with van der Waals surface area (Å²) in [6.07, 6.45) is 5.12. The smallest absolute Gasteiger partial charge is 0.356 e. The van der Waals surface area contributed by atoms with Gasteiger partial charge in [-0.05, 0) is 43.2 Å². The molecule has 2 N–H and O–H groups in total. The zero-order valence-corrected chi connectivity index (χ0v) is 12.4. The van der Waals surface area contributed by atoms with Gasteiger partial charge in [-0.15, -0.1) is 0 Å². The van der Waals surface area contributed by atoms with Crippen LogP contribution in [-0.4, -0.2) is 26.5 Å². The molecule has 2 unspecified atom stereocenters. The van der Waals surface area contributed by atoms with Crippen LogP contribution in [-0.2, 0) is 0 Å². The van der Waals surface area contributed by atoms with Gasteiger partial charge in [0.05, 0.1) is 0 Å². The minimum atomic E-state index is -0.951. The lowest BCUT2D eigenvalue weighted by Gasteiger charge is -2.32. The zero-order chi connectivity index (χ0) is 15.0. The summed E-state index contributed by atoms with van der Waals surface area (Å²) in [7, 11) is 0. The van der Waals surface area contributed by atoms with E-state index in [2.05, 4.69) is 24.1 Å². The van der Waals surface area contributed by atoms with Crippen molar-refractivity contribution < 1.29 is 9.90 Å². The van der Waals surface area contributed by atoms with Crippen molar-refractivity contribution in [3.05, 3.63) is 30.1 Å². The van der Waals surface area contributed by atoms with E-state index in [0.29, 0.717) is 29.3 Å². The van der Waals surface area contributed by atoms with Gasteiger partial charge in [-0.25, -0.2) is 9.78 Å². The van der Waals surface area contributed by atoms with Gasteiger partial charge in [-0.1, -0.05) is 19.9 Å². The van der Waals surface area contributed by atoms with Crippen LogP contribution >= 0.6 is 0 Å². The summed E-state index contributed by atoms with van der Waals surface area (Å²) >= 11 is 0. The quantitative estimate of drug-likeness (QED) is 0.909. The Morgan fingerprint density at radius 1 is 1.29 bits per heavy atom. The van der Waals surface area contributed by atoms with E-state index in [1.165, 1.54) is 6.42 Å². The number of aromatic carboxylic acids is 1. The average molecular weight is 287 g/mol. The highest BCUT2D eigenvalue weighted by atomic mass is 16.4. The summed E-state index contributed by atoms with van der Waals surface area (Å²) in [6.45, 7) is 4.51. The van der Waals surface area contributed by atoms with Crippen LogP contribution in [0.1, 0.15) is 43.6 Å². The maximum atomic E-state index is 11.6. The summed E-state index contributed by atoms with van der Waals surface area (Å²) in [4.78, 5) is 16.0. The number of nitrogens with zero attached hydrogens (tertiary/aromatic N) is 2. The number of nitrogens with one attached hydrogen (secondary N) is 1. The normalized spacial score (nSPS) is 25.9. The fourth-order valence-corrected chi connectivity index (χ4v) is 3.56. The van der Waals surface area contributed by atoms with Gasteiger partial charge in [0.1, 0.15) is 5.65 Å². The van der Waals surface area contributed by atoms with Crippen molar-refractivity contribution in [3.63, 3.8) is 0 Å². The van der Waals surface area contributed by atoms with Gasteiger partial charge in [0.2, 0.25) is 0 Å². The Morgan fingerprint density at radius 2 is 2.00 bits per heavy atom. The molecule has 1 aliphatic carbocycles. The molecule has 0 bridgehead atoms. The number of hydrogen-bond donors (Lipinski definition) is 2. The van der Waals surface area contributed by atoms with E-state index in [9.17, 15) is 9.90 Å². The molecule has 21 heavy (non-hydrogen) atoms. The number of hydrogen-bond acceptors (Lipinski definition) is 3. The first kappa shape index (κ1) is 13.9.